The third-order valence-electron chi connectivity index (χ3n) is 3.66. The standard InChI is InChI=1S/C15H18N2O3S2/c1-10-5-11(2)8-16(7-10)15(21)22-14-4-3-13(17(19)20)6-12(14)9-18/h3-4,6,9-11H,5,7-8H2,1-2H3. The van der Waals surface area contributed by atoms with E-state index in [1.807, 2.05) is 0 Å². The number of nitro benzene ring substituents is 1. The van der Waals surface area contributed by atoms with Crippen molar-refractivity contribution in [2.45, 2.75) is 25.2 Å². The summed E-state index contributed by atoms with van der Waals surface area (Å²) in [6, 6.07) is 4.29. The van der Waals surface area contributed by atoms with E-state index in [0.717, 1.165) is 17.4 Å². The number of carbonyl (C=O) groups excluding carboxylic acids is 1. The van der Waals surface area contributed by atoms with E-state index in [1.54, 1.807) is 6.07 Å². The molecule has 0 aromatic heterocycles. The largest absolute Gasteiger partial charge is 0.357 e. The Morgan fingerprint density at radius 1 is 1.41 bits per heavy atom. The molecule has 2 atom stereocenters. The van der Waals surface area contributed by atoms with Crippen LogP contribution in [-0.2, 0) is 0 Å². The van der Waals surface area contributed by atoms with Gasteiger partial charge in [0.15, 0.2) is 6.29 Å². The first-order valence-electron chi connectivity index (χ1n) is 7.11. The summed E-state index contributed by atoms with van der Waals surface area (Å²) in [5, 5.41) is 10.8. The molecule has 1 saturated heterocycles. The molecule has 118 valence electrons. The highest BCUT2D eigenvalue weighted by Crippen LogP contribution is 2.30. The first-order chi connectivity index (χ1) is 10.4. The van der Waals surface area contributed by atoms with E-state index in [0.29, 0.717) is 28.6 Å². The van der Waals surface area contributed by atoms with Gasteiger partial charge < -0.3 is 4.90 Å². The Morgan fingerprint density at radius 2 is 2.05 bits per heavy atom. The van der Waals surface area contributed by atoms with Crippen LogP contribution in [0.2, 0.25) is 0 Å². The number of hydrogen-bond acceptors (Lipinski definition) is 5. The first kappa shape index (κ1) is 16.9. The number of thiocarbonyl (C=S) groups is 1. The summed E-state index contributed by atoms with van der Waals surface area (Å²) in [4.78, 5) is 24.3. The lowest BCUT2D eigenvalue weighted by atomic mass is 9.92. The molecule has 0 saturated carbocycles. The molecule has 2 unspecified atom stereocenters. The van der Waals surface area contributed by atoms with Gasteiger partial charge in [-0.1, -0.05) is 37.8 Å². The fourth-order valence-corrected chi connectivity index (χ4v) is 4.05. The molecule has 0 bridgehead atoms. The minimum absolute atomic E-state index is 0.0856. The normalized spacial score (nSPS) is 21.5. The van der Waals surface area contributed by atoms with Crippen LogP contribution in [0.3, 0.4) is 0 Å². The zero-order valence-electron chi connectivity index (χ0n) is 12.5. The van der Waals surface area contributed by atoms with Crippen LogP contribution in [0.15, 0.2) is 23.1 Å². The number of aldehydes is 1. The van der Waals surface area contributed by atoms with Crippen LogP contribution in [0.4, 0.5) is 5.69 Å². The Bertz CT molecular complexity index is 596. The van der Waals surface area contributed by atoms with Crippen molar-refractivity contribution < 1.29 is 9.72 Å². The molecular weight excluding hydrogens is 320 g/mol. The summed E-state index contributed by atoms with van der Waals surface area (Å²) >= 11 is 6.82. The second kappa shape index (κ2) is 7.19. The van der Waals surface area contributed by atoms with Gasteiger partial charge in [-0.3, -0.25) is 14.9 Å². The molecule has 22 heavy (non-hydrogen) atoms. The zero-order valence-corrected chi connectivity index (χ0v) is 14.2. The van der Waals surface area contributed by atoms with E-state index in [1.165, 1.54) is 30.3 Å². The number of hydrogen-bond donors (Lipinski definition) is 0. The van der Waals surface area contributed by atoms with Gasteiger partial charge in [0.05, 0.1) is 4.92 Å². The molecule has 0 radical (unpaired) electrons. The van der Waals surface area contributed by atoms with Crippen LogP contribution in [0.25, 0.3) is 0 Å². The Hall–Kier alpha value is -1.47. The van der Waals surface area contributed by atoms with E-state index in [4.69, 9.17) is 12.2 Å². The third kappa shape index (κ3) is 4.04. The van der Waals surface area contributed by atoms with Crippen molar-refractivity contribution in [2.75, 3.05) is 13.1 Å². The zero-order chi connectivity index (χ0) is 16.3. The lowest BCUT2D eigenvalue weighted by Crippen LogP contribution is -2.40. The molecule has 5 nitrogen and oxygen atoms in total. The van der Waals surface area contributed by atoms with Gasteiger partial charge in [0, 0.05) is 35.7 Å². The summed E-state index contributed by atoms with van der Waals surface area (Å²) in [6.45, 7) is 6.25. The fraction of sp³-hybridized carbons (Fsp3) is 0.467. The van der Waals surface area contributed by atoms with Crippen molar-refractivity contribution in [1.29, 1.82) is 0 Å². The van der Waals surface area contributed by atoms with Crippen LogP contribution in [0.1, 0.15) is 30.6 Å². The molecular formula is C15H18N2O3S2. The Kier molecular flexibility index (Phi) is 5.52. The number of carbonyl (C=O) groups is 1. The maximum Gasteiger partial charge on any atom is 0.270 e. The van der Waals surface area contributed by atoms with Gasteiger partial charge in [0.2, 0.25) is 0 Å². The highest BCUT2D eigenvalue weighted by Gasteiger charge is 2.24. The molecule has 1 fully saturated rings. The van der Waals surface area contributed by atoms with E-state index in [-0.39, 0.29) is 5.69 Å². The number of nitrogens with zero attached hydrogens (tertiary/aromatic N) is 2. The lowest BCUT2D eigenvalue weighted by Gasteiger charge is -2.36. The summed E-state index contributed by atoms with van der Waals surface area (Å²) < 4.78 is 0.718. The van der Waals surface area contributed by atoms with E-state index >= 15 is 0 Å². The van der Waals surface area contributed by atoms with Crippen LogP contribution in [0.5, 0.6) is 0 Å². The van der Waals surface area contributed by atoms with E-state index < -0.39 is 4.92 Å². The molecule has 0 aliphatic carbocycles. The molecule has 0 amide bonds. The number of thioether (sulfide) groups is 1. The maximum absolute atomic E-state index is 11.2. The Morgan fingerprint density at radius 3 is 2.59 bits per heavy atom. The molecule has 1 aliphatic heterocycles. The van der Waals surface area contributed by atoms with Crippen LogP contribution in [-0.4, -0.2) is 33.5 Å². The van der Waals surface area contributed by atoms with Crippen molar-refractivity contribution in [3.63, 3.8) is 0 Å². The highest BCUT2D eigenvalue weighted by atomic mass is 32.2. The highest BCUT2D eigenvalue weighted by molar-refractivity contribution is 8.23. The lowest BCUT2D eigenvalue weighted by molar-refractivity contribution is -0.384. The first-order valence-corrected chi connectivity index (χ1v) is 8.33. The molecule has 1 aromatic carbocycles. The second-order valence-corrected chi connectivity index (χ2v) is 7.49. The second-order valence-electron chi connectivity index (χ2n) is 5.82. The number of rotatable bonds is 3. The van der Waals surface area contributed by atoms with Crippen molar-refractivity contribution in [1.82, 2.24) is 4.90 Å². The van der Waals surface area contributed by atoms with Crippen molar-refractivity contribution in [3.8, 4) is 0 Å². The molecule has 2 rings (SSSR count). The summed E-state index contributed by atoms with van der Waals surface area (Å²) in [7, 11) is 0. The molecule has 1 aliphatic rings. The Labute approximate surface area is 139 Å². The smallest absolute Gasteiger partial charge is 0.270 e. The average Bonchev–Trinajstić information content (AvgIpc) is 2.46. The van der Waals surface area contributed by atoms with Crippen molar-refractivity contribution >= 4 is 40.3 Å². The average molecular weight is 338 g/mol. The monoisotopic (exact) mass is 338 g/mol. The number of non-ortho nitro benzene ring substituents is 1. The molecule has 0 N–H and O–H groups in total. The van der Waals surface area contributed by atoms with E-state index in [2.05, 4.69) is 18.7 Å². The third-order valence-corrected chi connectivity index (χ3v) is 5.19. The predicted octanol–water partition coefficient (Wildman–Crippen LogP) is 3.76. The minimum Gasteiger partial charge on any atom is -0.357 e. The minimum atomic E-state index is -0.506. The Balaban J connectivity index is 2.14. The molecule has 7 heteroatoms. The maximum atomic E-state index is 11.2. The van der Waals surface area contributed by atoms with E-state index in [9.17, 15) is 14.9 Å². The topological polar surface area (TPSA) is 63.4 Å². The molecule has 0 spiro atoms. The van der Waals surface area contributed by atoms with Gasteiger partial charge in [0.25, 0.3) is 5.69 Å². The number of benzene rings is 1. The summed E-state index contributed by atoms with van der Waals surface area (Å²) in [5.74, 6) is 1.18. The van der Waals surface area contributed by atoms with Gasteiger partial charge in [0.1, 0.15) is 4.32 Å². The SMILES string of the molecule is CC1CC(C)CN(C(=S)Sc2ccc([N+](=O)[O-])cc2C=O)C1. The van der Waals surface area contributed by atoms with Gasteiger partial charge in [-0.15, -0.1) is 0 Å². The van der Waals surface area contributed by atoms with Crippen molar-refractivity contribution in [2.24, 2.45) is 11.8 Å². The number of nitro groups is 1. The van der Waals surface area contributed by atoms with Crippen LogP contribution < -0.4 is 0 Å². The number of piperidine rings is 1. The predicted molar refractivity (Wildman–Crippen MR) is 91.5 cm³/mol. The van der Waals surface area contributed by atoms with Gasteiger partial charge in [-0.05, 0) is 24.3 Å². The fourth-order valence-electron chi connectivity index (χ4n) is 2.81. The van der Waals surface area contributed by atoms with Crippen LogP contribution in [0, 0.1) is 22.0 Å². The summed E-state index contributed by atoms with van der Waals surface area (Å²) in [5.41, 5.74) is 0.220. The van der Waals surface area contributed by atoms with Crippen molar-refractivity contribution in [3.05, 3.63) is 33.9 Å². The molecule has 1 heterocycles. The summed E-state index contributed by atoms with van der Waals surface area (Å²) in [6.07, 6.45) is 1.83. The van der Waals surface area contributed by atoms with Crippen LogP contribution >= 0.6 is 24.0 Å². The van der Waals surface area contributed by atoms with Gasteiger partial charge >= 0.3 is 0 Å². The number of likely N-dealkylation sites (tertiary alicyclic amines) is 1. The van der Waals surface area contributed by atoms with Gasteiger partial charge in [-0.2, -0.15) is 0 Å². The quantitative estimate of drug-likeness (QED) is 0.275. The van der Waals surface area contributed by atoms with Gasteiger partial charge in [-0.25, -0.2) is 0 Å². The molecule has 1 aromatic rings.